The van der Waals surface area contributed by atoms with E-state index in [0.717, 1.165) is 25.7 Å². The summed E-state index contributed by atoms with van der Waals surface area (Å²) in [4.78, 5) is 48.3. The second-order valence-corrected chi connectivity index (χ2v) is 15.6. The average molecular weight is 628 g/mol. The molecule has 9 rings (SSSR count). The summed E-state index contributed by atoms with van der Waals surface area (Å²) in [5, 5.41) is 0. The molecule has 3 aliphatic heterocycles. The number of fused-ring (bicyclic) bond motifs is 9. The highest BCUT2D eigenvalue weighted by Crippen LogP contribution is 2.54. The van der Waals surface area contributed by atoms with E-state index in [9.17, 15) is 14.4 Å². The van der Waals surface area contributed by atoms with E-state index < -0.39 is 0 Å². The minimum Gasteiger partial charge on any atom is -0.338 e. The Hall–Kier alpha value is -3.93. The van der Waals surface area contributed by atoms with Gasteiger partial charge in [0, 0.05) is 38.9 Å². The number of nitrogens with zero attached hydrogens (tertiary/aromatic N) is 3. The zero-order valence-electron chi connectivity index (χ0n) is 28.0. The third-order valence-corrected chi connectivity index (χ3v) is 13.4. The summed E-state index contributed by atoms with van der Waals surface area (Å²) in [6, 6.07) is 19.7. The van der Waals surface area contributed by atoms with Gasteiger partial charge in [0.2, 0.25) is 17.7 Å². The van der Waals surface area contributed by atoms with Crippen LogP contribution in [-0.2, 0) is 33.6 Å². The van der Waals surface area contributed by atoms with E-state index in [0.29, 0.717) is 31.8 Å². The van der Waals surface area contributed by atoms with Crippen LogP contribution in [0.1, 0.15) is 87.5 Å². The molecule has 3 saturated heterocycles. The first kappa shape index (κ1) is 29.2. The smallest absolute Gasteiger partial charge is 0.228 e. The summed E-state index contributed by atoms with van der Waals surface area (Å²) in [6.45, 7) is 7.65. The molecule has 0 spiro atoms. The average Bonchev–Trinajstić information content (AvgIpc) is 3.78. The van der Waals surface area contributed by atoms with Gasteiger partial charge >= 0.3 is 0 Å². The Kier molecular flexibility index (Phi) is 6.55. The van der Waals surface area contributed by atoms with Crippen LogP contribution in [0.15, 0.2) is 54.6 Å². The Bertz CT molecular complexity index is 1850. The molecular weight excluding hydrogens is 582 g/mol. The molecule has 6 aliphatic rings. The van der Waals surface area contributed by atoms with Gasteiger partial charge in [0.05, 0.1) is 24.0 Å². The zero-order chi connectivity index (χ0) is 32.3. The maximum Gasteiger partial charge on any atom is 0.228 e. The van der Waals surface area contributed by atoms with Crippen molar-refractivity contribution in [2.24, 2.45) is 29.6 Å². The Morgan fingerprint density at radius 3 is 1.85 bits per heavy atom. The molecule has 6 nitrogen and oxygen atoms in total. The van der Waals surface area contributed by atoms with Gasteiger partial charge in [0.25, 0.3) is 0 Å². The van der Waals surface area contributed by atoms with Gasteiger partial charge in [-0.3, -0.25) is 14.4 Å². The molecule has 0 radical (unpaired) electrons. The van der Waals surface area contributed by atoms with Crippen LogP contribution < -0.4 is 0 Å². The van der Waals surface area contributed by atoms with Crippen LogP contribution in [0.3, 0.4) is 0 Å². The summed E-state index contributed by atoms with van der Waals surface area (Å²) in [5.74, 6) is 1.18. The third kappa shape index (κ3) is 4.18. The lowest BCUT2D eigenvalue weighted by atomic mass is 9.76. The van der Waals surface area contributed by atoms with Crippen molar-refractivity contribution < 1.29 is 14.4 Å². The lowest BCUT2D eigenvalue weighted by Crippen LogP contribution is -2.51. The molecule has 3 aromatic rings. The second kappa shape index (κ2) is 10.5. The number of piperidine rings is 1. The summed E-state index contributed by atoms with van der Waals surface area (Å²) in [6.07, 6.45) is 4.95. The molecule has 3 aromatic carbocycles. The van der Waals surface area contributed by atoms with Gasteiger partial charge in [0.15, 0.2) is 0 Å². The minimum atomic E-state index is -0.213. The molecule has 6 heteroatoms. The summed E-state index contributed by atoms with van der Waals surface area (Å²) in [7, 11) is 1.95. The fourth-order valence-corrected chi connectivity index (χ4v) is 11.2. The topological polar surface area (TPSA) is 60.9 Å². The SMILES string of the molecule is Cc1cccc2c1CC1C(CN3C(=O)CC(CN4C(=O)CC5CCc6c(C)cccc6C54)C4Cc5c(C)cccc5C43)C(=O)N(C)C21. The first-order valence-electron chi connectivity index (χ1n) is 17.8. The Morgan fingerprint density at radius 2 is 1.17 bits per heavy atom. The van der Waals surface area contributed by atoms with Crippen LogP contribution in [0.4, 0.5) is 0 Å². The molecule has 3 amide bonds. The van der Waals surface area contributed by atoms with Gasteiger partial charge in [-0.25, -0.2) is 0 Å². The fourth-order valence-electron chi connectivity index (χ4n) is 11.2. The van der Waals surface area contributed by atoms with Crippen LogP contribution in [0.5, 0.6) is 0 Å². The van der Waals surface area contributed by atoms with Gasteiger partial charge < -0.3 is 14.7 Å². The van der Waals surface area contributed by atoms with E-state index in [2.05, 4.69) is 85.2 Å². The number of likely N-dealkylation sites (tertiary alicyclic amines) is 3. The first-order valence-corrected chi connectivity index (χ1v) is 17.8. The van der Waals surface area contributed by atoms with Crippen LogP contribution in [-0.4, -0.2) is 52.6 Å². The molecule has 0 N–H and O–H groups in total. The van der Waals surface area contributed by atoms with Crippen LogP contribution in [0.25, 0.3) is 0 Å². The minimum absolute atomic E-state index is 0.0618. The predicted molar refractivity (Wildman–Crippen MR) is 180 cm³/mol. The highest BCUT2D eigenvalue weighted by atomic mass is 16.2. The predicted octanol–water partition coefficient (Wildman–Crippen LogP) is 6.21. The number of amides is 3. The number of carbonyl (C=O) groups is 3. The number of hydrogen-bond acceptors (Lipinski definition) is 3. The Balaban J connectivity index is 1.04. The van der Waals surface area contributed by atoms with Gasteiger partial charge in [-0.2, -0.15) is 0 Å². The Labute approximate surface area is 278 Å². The quantitative estimate of drug-likeness (QED) is 0.346. The van der Waals surface area contributed by atoms with Gasteiger partial charge in [0.1, 0.15) is 0 Å². The van der Waals surface area contributed by atoms with Gasteiger partial charge in [-0.1, -0.05) is 54.6 Å². The largest absolute Gasteiger partial charge is 0.338 e. The summed E-state index contributed by atoms with van der Waals surface area (Å²) < 4.78 is 0. The molecule has 47 heavy (non-hydrogen) atoms. The Morgan fingerprint density at radius 1 is 0.617 bits per heavy atom. The van der Waals surface area contributed by atoms with Crippen LogP contribution in [0, 0.1) is 50.4 Å². The van der Waals surface area contributed by atoms with Crippen molar-refractivity contribution in [2.45, 2.75) is 77.4 Å². The van der Waals surface area contributed by atoms with Crippen molar-refractivity contribution in [3.05, 3.63) is 105 Å². The lowest BCUT2D eigenvalue weighted by molar-refractivity contribution is -0.146. The number of rotatable bonds is 4. The van der Waals surface area contributed by atoms with Crippen LogP contribution >= 0.6 is 0 Å². The van der Waals surface area contributed by atoms with E-state index in [4.69, 9.17) is 0 Å². The first-order chi connectivity index (χ1) is 22.7. The fraction of sp³-hybridized carbons (Fsp3) is 0.488. The number of benzene rings is 3. The van der Waals surface area contributed by atoms with Crippen molar-refractivity contribution in [3.63, 3.8) is 0 Å². The van der Waals surface area contributed by atoms with E-state index >= 15 is 0 Å². The maximum absolute atomic E-state index is 14.5. The van der Waals surface area contributed by atoms with Crippen LogP contribution in [0.2, 0.25) is 0 Å². The van der Waals surface area contributed by atoms with Crippen molar-refractivity contribution in [3.8, 4) is 0 Å². The molecule has 3 fully saturated rings. The number of carbonyl (C=O) groups excluding carboxylic acids is 3. The highest BCUT2D eigenvalue weighted by molar-refractivity contribution is 5.85. The zero-order valence-corrected chi connectivity index (χ0v) is 28.0. The number of hydrogen-bond donors (Lipinski definition) is 0. The van der Waals surface area contributed by atoms with Crippen molar-refractivity contribution in [1.29, 1.82) is 0 Å². The summed E-state index contributed by atoms with van der Waals surface area (Å²) in [5.41, 5.74) is 11.9. The van der Waals surface area contributed by atoms with Crippen molar-refractivity contribution in [1.82, 2.24) is 14.7 Å². The van der Waals surface area contributed by atoms with Gasteiger partial charge in [-0.05, 0) is 114 Å². The number of aryl methyl sites for hydroxylation is 3. The van der Waals surface area contributed by atoms with Crippen molar-refractivity contribution in [2.75, 3.05) is 20.1 Å². The van der Waals surface area contributed by atoms with Gasteiger partial charge in [-0.15, -0.1) is 0 Å². The molecule has 0 aromatic heterocycles. The molecule has 3 heterocycles. The third-order valence-electron chi connectivity index (χ3n) is 13.4. The summed E-state index contributed by atoms with van der Waals surface area (Å²) >= 11 is 0. The normalized spacial score (nSPS) is 31.9. The monoisotopic (exact) mass is 627 g/mol. The van der Waals surface area contributed by atoms with E-state index in [1.54, 1.807) is 0 Å². The molecule has 0 bridgehead atoms. The van der Waals surface area contributed by atoms with E-state index in [-0.39, 0.29) is 59.5 Å². The highest BCUT2D eigenvalue weighted by Gasteiger charge is 2.55. The van der Waals surface area contributed by atoms with E-state index in [1.807, 2.05) is 11.9 Å². The second-order valence-electron chi connectivity index (χ2n) is 15.6. The maximum atomic E-state index is 14.5. The standard InChI is InChI=1S/C41H45N3O3/c1-22-8-5-11-28-27(22)15-14-25-16-36(45)43(38(25)28)20-26-17-37(46)44(40-30-13-7-10-23(2)31(30)18-33(26)40)21-35-34-19-32-24(3)9-6-12-29(32)39(34)42(4)41(35)47/h5-13,25-26,33-35,38-40H,14-21H2,1-4H3. The molecule has 242 valence electrons. The lowest BCUT2D eigenvalue weighted by Gasteiger charge is -2.45. The van der Waals surface area contributed by atoms with E-state index in [1.165, 1.54) is 50.1 Å². The van der Waals surface area contributed by atoms with Crippen molar-refractivity contribution >= 4 is 17.7 Å². The molecular formula is C41H45N3O3. The molecule has 3 aliphatic carbocycles. The molecule has 8 atom stereocenters. The molecule has 0 saturated carbocycles. The molecule has 8 unspecified atom stereocenters.